The second kappa shape index (κ2) is 5.99. The largest absolute Gasteiger partial charge is 0.508 e. The number of aromatic hydroxyl groups is 1. The number of phenols is 1. The van der Waals surface area contributed by atoms with Gasteiger partial charge in [-0.05, 0) is 83.3 Å². The van der Waals surface area contributed by atoms with E-state index in [4.69, 9.17) is 0 Å². The van der Waals surface area contributed by atoms with E-state index in [0.717, 1.165) is 31.2 Å². The Morgan fingerprint density at radius 2 is 2.12 bits per heavy atom. The van der Waals surface area contributed by atoms with Crippen LogP contribution in [-0.2, 0) is 6.42 Å². The lowest BCUT2D eigenvalue weighted by atomic mass is 9.51. The first-order valence-corrected chi connectivity index (χ1v) is 10.4. The number of hydrogen-bond donors (Lipinski definition) is 2. The summed E-state index contributed by atoms with van der Waals surface area (Å²) in [6.45, 7) is 2.23. The third-order valence-corrected chi connectivity index (χ3v) is 7.84. The van der Waals surface area contributed by atoms with Crippen molar-refractivity contribution >= 4 is 22.6 Å². The van der Waals surface area contributed by atoms with Crippen molar-refractivity contribution in [3.05, 3.63) is 39.5 Å². The highest BCUT2D eigenvalue weighted by atomic mass is 127. The van der Waals surface area contributed by atoms with E-state index in [1.807, 2.05) is 16.2 Å². The molecule has 1 aromatic carbocycles. The maximum absolute atomic E-state index is 11.3. The summed E-state index contributed by atoms with van der Waals surface area (Å²) < 4.78 is 1.94. The molecule has 2 fully saturated rings. The third kappa shape index (κ3) is 2.39. The van der Waals surface area contributed by atoms with Gasteiger partial charge in [0.1, 0.15) is 5.75 Å². The lowest BCUT2D eigenvalue weighted by Gasteiger charge is -2.53. The van der Waals surface area contributed by atoms with Gasteiger partial charge < -0.3 is 10.2 Å². The normalized spacial score (nSPS) is 42.5. The standard InChI is InChI=1S/C21H24INO2/c1-20-6-4-17-16-3-2-15(24)11-13(16)10-14(12-23)19(17)18(20)5-7-21(20,25)8-9-22/h2-3,8-9,11,14,17-19,24-25H,4-7,10H2,1H3/b9-8+/t14?,17?,18?,19?,20-,21+/m0/s1. The molecule has 0 amide bonds. The van der Waals surface area contributed by atoms with Crippen LogP contribution in [0.5, 0.6) is 5.75 Å². The van der Waals surface area contributed by atoms with E-state index in [0.29, 0.717) is 24.2 Å². The highest BCUT2D eigenvalue weighted by molar-refractivity contribution is 14.1. The molecule has 0 saturated heterocycles. The first-order chi connectivity index (χ1) is 11.9. The van der Waals surface area contributed by atoms with Crippen LogP contribution >= 0.6 is 22.6 Å². The minimum atomic E-state index is -0.751. The number of hydrogen-bond acceptors (Lipinski definition) is 3. The first kappa shape index (κ1) is 17.4. The molecule has 0 aromatic heterocycles. The zero-order chi connectivity index (χ0) is 17.8. The van der Waals surface area contributed by atoms with Gasteiger partial charge in [-0.25, -0.2) is 0 Å². The molecular weight excluding hydrogens is 425 g/mol. The van der Waals surface area contributed by atoms with Gasteiger partial charge in [-0.1, -0.05) is 35.6 Å². The number of rotatable bonds is 1. The number of nitrogens with zero attached hydrogens (tertiary/aromatic N) is 1. The monoisotopic (exact) mass is 449 g/mol. The molecule has 3 aliphatic carbocycles. The molecule has 0 radical (unpaired) electrons. The number of phenolic OH excluding ortho intramolecular Hbond substituents is 1. The maximum Gasteiger partial charge on any atom is 0.115 e. The van der Waals surface area contributed by atoms with Crippen molar-refractivity contribution in [1.29, 1.82) is 5.26 Å². The van der Waals surface area contributed by atoms with Gasteiger partial charge in [-0.15, -0.1) is 0 Å². The Morgan fingerprint density at radius 1 is 1.32 bits per heavy atom. The second-order valence-corrected chi connectivity index (χ2v) is 9.04. The van der Waals surface area contributed by atoms with E-state index in [1.54, 1.807) is 6.07 Å². The highest BCUT2D eigenvalue weighted by Gasteiger charge is 2.62. The van der Waals surface area contributed by atoms with Crippen LogP contribution in [0.25, 0.3) is 0 Å². The second-order valence-electron chi connectivity index (χ2n) is 8.32. The molecule has 0 spiro atoms. The topological polar surface area (TPSA) is 64.2 Å². The molecule has 2 saturated carbocycles. The molecule has 2 N–H and O–H groups in total. The fraction of sp³-hybridized carbons (Fsp3) is 0.571. The summed E-state index contributed by atoms with van der Waals surface area (Å²) >= 11 is 2.19. The van der Waals surface area contributed by atoms with Gasteiger partial charge in [0.15, 0.2) is 0 Å². The number of aliphatic hydroxyl groups is 1. The summed E-state index contributed by atoms with van der Waals surface area (Å²) in [6, 6.07) is 8.25. The van der Waals surface area contributed by atoms with Crippen LogP contribution in [0.1, 0.15) is 49.7 Å². The molecule has 4 rings (SSSR count). The highest BCUT2D eigenvalue weighted by Crippen LogP contribution is 2.65. The van der Waals surface area contributed by atoms with Crippen LogP contribution in [0.3, 0.4) is 0 Å². The SMILES string of the molecule is C[C@]12CCC3c4ccc(O)cc4CC(C#N)C3C1CC[C@@]2(O)/C=C/I. The Bertz CT molecular complexity index is 770. The first-order valence-electron chi connectivity index (χ1n) is 9.15. The number of benzene rings is 1. The van der Waals surface area contributed by atoms with Crippen LogP contribution in [0.4, 0.5) is 0 Å². The summed E-state index contributed by atoms with van der Waals surface area (Å²) in [5.41, 5.74) is 1.55. The molecule has 0 aliphatic heterocycles. The fourth-order valence-electron chi connectivity index (χ4n) is 6.18. The van der Waals surface area contributed by atoms with Gasteiger partial charge in [0.25, 0.3) is 0 Å². The summed E-state index contributed by atoms with van der Waals surface area (Å²) in [5, 5.41) is 31.0. The van der Waals surface area contributed by atoms with Gasteiger partial charge in [-0.3, -0.25) is 0 Å². The lowest BCUT2D eigenvalue weighted by molar-refractivity contribution is -0.0761. The molecule has 3 aliphatic rings. The molecule has 25 heavy (non-hydrogen) atoms. The van der Waals surface area contributed by atoms with Crippen LogP contribution in [-0.4, -0.2) is 15.8 Å². The van der Waals surface area contributed by atoms with Gasteiger partial charge in [-0.2, -0.15) is 5.26 Å². The molecule has 4 unspecified atom stereocenters. The van der Waals surface area contributed by atoms with E-state index in [1.165, 1.54) is 5.56 Å². The van der Waals surface area contributed by atoms with Crippen molar-refractivity contribution in [2.24, 2.45) is 23.2 Å². The Labute approximate surface area is 162 Å². The Morgan fingerprint density at radius 3 is 2.84 bits per heavy atom. The molecule has 3 nitrogen and oxygen atoms in total. The summed E-state index contributed by atoms with van der Waals surface area (Å²) in [5.74, 6) is 1.30. The van der Waals surface area contributed by atoms with E-state index < -0.39 is 5.60 Å². The van der Waals surface area contributed by atoms with Crippen molar-refractivity contribution in [3.8, 4) is 11.8 Å². The van der Waals surface area contributed by atoms with Crippen molar-refractivity contribution in [2.45, 2.75) is 50.5 Å². The molecule has 0 heterocycles. The zero-order valence-electron chi connectivity index (χ0n) is 14.5. The van der Waals surface area contributed by atoms with E-state index in [-0.39, 0.29) is 17.1 Å². The Hall–Kier alpha value is -1.06. The third-order valence-electron chi connectivity index (χ3n) is 7.48. The maximum atomic E-state index is 11.3. The van der Waals surface area contributed by atoms with Crippen LogP contribution in [0.15, 0.2) is 28.4 Å². The van der Waals surface area contributed by atoms with E-state index in [9.17, 15) is 15.5 Å². The number of nitriles is 1. The summed E-state index contributed by atoms with van der Waals surface area (Å²) in [4.78, 5) is 0. The predicted molar refractivity (Wildman–Crippen MR) is 105 cm³/mol. The van der Waals surface area contributed by atoms with Crippen molar-refractivity contribution in [2.75, 3.05) is 0 Å². The van der Waals surface area contributed by atoms with Gasteiger partial charge in [0.2, 0.25) is 0 Å². The van der Waals surface area contributed by atoms with Gasteiger partial charge in [0, 0.05) is 5.41 Å². The van der Waals surface area contributed by atoms with Crippen LogP contribution in [0, 0.1) is 34.5 Å². The van der Waals surface area contributed by atoms with Gasteiger partial charge >= 0.3 is 0 Å². The van der Waals surface area contributed by atoms with Crippen molar-refractivity contribution in [3.63, 3.8) is 0 Å². The molecule has 6 atom stereocenters. The Kier molecular flexibility index (Phi) is 4.16. The van der Waals surface area contributed by atoms with Crippen LogP contribution in [0.2, 0.25) is 0 Å². The minimum absolute atomic E-state index is 0.0325. The lowest BCUT2D eigenvalue weighted by Crippen LogP contribution is -2.51. The van der Waals surface area contributed by atoms with E-state index in [2.05, 4.69) is 41.7 Å². The molecule has 1 aromatic rings. The number of halogens is 1. The summed E-state index contributed by atoms with van der Waals surface area (Å²) in [7, 11) is 0. The number of fused-ring (bicyclic) bond motifs is 5. The van der Waals surface area contributed by atoms with Crippen molar-refractivity contribution in [1.82, 2.24) is 0 Å². The minimum Gasteiger partial charge on any atom is -0.508 e. The molecule has 0 bridgehead atoms. The van der Waals surface area contributed by atoms with E-state index >= 15 is 0 Å². The molecular formula is C21H24INO2. The zero-order valence-corrected chi connectivity index (χ0v) is 16.6. The predicted octanol–water partition coefficient (Wildman–Crippen LogP) is 4.68. The average Bonchev–Trinajstić information content (AvgIpc) is 2.85. The molecule has 132 valence electrons. The van der Waals surface area contributed by atoms with Crippen molar-refractivity contribution < 1.29 is 10.2 Å². The smallest absolute Gasteiger partial charge is 0.115 e. The van der Waals surface area contributed by atoms with Gasteiger partial charge in [0.05, 0.1) is 17.6 Å². The quantitative estimate of drug-likeness (QED) is 0.613. The Balaban J connectivity index is 1.78. The average molecular weight is 449 g/mol. The summed E-state index contributed by atoms with van der Waals surface area (Å²) in [6.07, 6.45) is 6.45. The fourth-order valence-corrected chi connectivity index (χ4v) is 6.78. The molecule has 4 heteroatoms. The van der Waals surface area contributed by atoms with Crippen LogP contribution < -0.4 is 0 Å².